The molecule has 0 saturated heterocycles. The third-order valence-corrected chi connectivity index (χ3v) is 3.04. The van der Waals surface area contributed by atoms with Crippen LogP contribution in [0.1, 0.15) is 48.3 Å². The molecule has 3 nitrogen and oxygen atoms in total. The van der Waals surface area contributed by atoms with Gasteiger partial charge in [-0.15, -0.1) is 0 Å². The van der Waals surface area contributed by atoms with Crippen LogP contribution in [0.3, 0.4) is 0 Å². The fraction of sp³-hybridized carbons (Fsp3) is 0.500. The van der Waals surface area contributed by atoms with Crippen molar-refractivity contribution in [2.24, 2.45) is 0 Å². The number of hydrogen-bond acceptors (Lipinski definition) is 3. The van der Waals surface area contributed by atoms with Gasteiger partial charge in [-0.05, 0) is 25.0 Å². The van der Waals surface area contributed by atoms with Crippen molar-refractivity contribution >= 4 is 11.5 Å². The maximum Gasteiger partial charge on any atom is 0.180 e. The summed E-state index contributed by atoms with van der Waals surface area (Å²) >= 11 is 0. The number of nitrogens with one attached hydrogen (secondary N) is 1. The summed E-state index contributed by atoms with van der Waals surface area (Å²) in [5.41, 5.74) is 2.47. The summed E-state index contributed by atoms with van der Waals surface area (Å²) in [6.07, 6.45) is 3.71. The summed E-state index contributed by atoms with van der Waals surface area (Å²) in [4.78, 5) is 15.9. The van der Waals surface area contributed by atoms with Crippen LogP contribution < -0.4 is 5.32 Å². The molecule has 80 valence electrons. The van der Waals surface area contributed by atoms with Crippen LogP contribution in [0.25, 0.3) is 0 Å². The molecule has 3 heteroatoms. The van der Waals surface area contributed by atoms with Gasteiger partial charge in [0.05, 0.1) is 5.69 Å². The average molecular weight is 204 g/mol. The number of anilines is 1. The van der Waals surface area contributed by atoms with E-state index in [2.05, 4.69) is 10.3 Å². The molecule has 0 amide bonds. The molecule has 0 radical (unpaired) electrons. The minimum Gasteiger partial charge on any atom is -0.386 e. The predicted molar refractivity (Wildman–Crippen MR) is 60.4 cm³/mol. The van der Waals surface area contributed by atoms with Gasteiger partial charge in [0.1, 0.15) is 5.69 Å². The molecule has 1 saturated carbocycles. The van der Waals surface area contributed by atoms with E-state index in [1.165, 1.54) is 19.3 Å². The van der Waals surface area contributed by atoms with Gasteiger partial charge in [0.25, 0.3) is 0 Å². The van der Waals surface area contributed by atoms with Crippen molar-refractivity contribution in [1.82, 2.24) is 4.98 Å². The molecule has 0 aliphatic heterocycles. The fourth-order valence-electron chi connectivity index (χ4n) is 1.88. The summed E-state index contributed by atoms with van der Waals surface area (Å²) in [5.74, 6) is 0.606. The molecule has 1 aliphatic rings. The predicted octanol–water partition coefficient (Wildman–Crippen LogP) is 2.59. The molecule has 1 aromatic heterocycles. The molecule has 1 fully saturated rings. The van der Waals surface area contributed by atoms with Crippen molar-refractivity contribution in [3.8, 4) is 0 Å². The largest absolute Gasteiger partial charge is 0.386 e. The highest BCUT2D eigenvalue weighted by Crippen LogP contribution is 2.35. The van der Waals surface area contributed by atoms with E-state index >= 15 is 0 Å². The van der Waals surface area contributed by atoms with Gasteiger partial charge in [0, 0.05) is 25.6 Å². The van der Waals surface area contributed by atoms with Gasteiger partial charge in [0.15, 0.2) is 5.78 Å². The van der Waals surface area contributed by atoms with Gasteiger partial charge in [-0.25, -0.2) is 4.98 Å². The first-order valence-electron chi connectivity index (χ1n) is 5.42. The Morgan fingerprint density at radius 3 is 2.67 bits per heavy atom. The fourth-order valence-corrected chi connectivity index (χ4v) is 1.88. The Hall–Kier alpha value is -1.38. The second-order valence-electron chi connectivity index (χ2n) is 4.07. The van der Waals surface area contributed by atoms with Gasteiger partial charge in [0.2, 0.25) is 0 Å². The molecular weight excluding hydrogens is 188 g/mol. The first-order valence-corrected chi connectivity index (χ1v) is 5.42. The third kappa shape index (κ3) is 1.87. The summed E-state index contributed by atoms with van der Waals surface area (Å²) in [6.45, 7) is 1.56. The Morgan fingerprint density at radius 2 is 2.20 bits per heavy atom. The number of carbonyl (C=O) groups is 1. The highest BCUT2D eigenvalue weighted by Gasteiger charge is 2.22. The monoisotopic (exact) mass is 204 g/mol. The van der Waals surface area contributed by atoms with Crippen molar-refractivity contribution in [3.05, 3.63) is 23.5 Å². The highest BCUT2D eigenvalue weighted by atomic mass is 16.1. The number of Topliss-reactive ketones (excluding diaryl/α,β-unsaturated/α-hetero) is 1. The molecule has 1 aromatic rings. The first-order chi connectivity index (χ1) is 7.22. The first kappa shape index (κ1) is 10.1. The van der Waals surface area contributed by atoms with Crippen molar-refractivity contribution < 1.29 is 4.79 Å². The number of nitrogens with zero attached hydrogens (tertiary/aromatic N) is 1. The van der Waals surface area contributed by atoms with Crippen molar-refractivity contribution in [2.45, 2.75) is 32.1 Å². The Balaban J connectivity index is 2.35. The van der Waals surface area contributed by atoms with E-state index in [-0.39, 0.29) is 5.78 Å². The maximum absolute atomic E-state index is 11.4. The van der Waals surface area contributed by atoms with Crippen LogP contribution in [-0.4, -0.2) is 17.8 Å². The lowest BCUT2D eigenvalue weighted by atomic mass is 9.82. The molecular formula is C12H16N2O. The number of ketones is 1. The maximum atomic E-state index is 11.4. The van der Waals surface area contributed by atoms with Gasteiger partial charge in [-0.3, -0.25) is 4.79 Å². The normalized spacial score (nSPS) is 15.9. The highest BCUT2D eigenvalue weighted by molar-refractivity contribution is 5.97. The Bertz CT molecular complexity index is 383. The molecule has 0 aromatic carbocycles. The zero-order valence-corrected chi connectivity index (χ0v) is 9.21. The van der Waals surface area contributed by atoms with E-state index in [4.69, 9.17) is 0 Å². The quantitative estimate of drug-likeness (QED) is 0.769. The van der Waals surface area contributed by atoms with E-state index in [1.807, 2.05) is 19.2 Å². The zero-order chi connectivity index (χ0) is 10.8. The molecule has 15 heavy (non-hydrogen) atoms. The number of aromatic nitrogens is 1. The lowest BCUT2D eigenvalue weighted by molar-refractivity contribution is 0.101. The van der Waals surface area contributed by atoms with Crippen LogP contribution in [0.2, 0.25) is 0 Å². The number of rotatable bonds is 3. The van der Waals surface area contributed by atoms with E-state index in [9.17, 15) is 4.79 Å². The molecule has 1 N–H and O–H groups in total. The summed E-state index contributed by atoms with van der Waals surface area (Å²) in [6, 6.07) is 3.99. The molecule has 0 unspecified atom stereocenters. The molecule has 1 heterocycles. The summed E-state index contributed by atoms with van der Waals surface area (Å²) in [7, 11) is 1.81. The third-order valence-electron chi connectivity index (χ3n) is 3.04. The van der Waals surface area contributed by atoms with Crippen molar-refractivity contribution in [1.29, 1.82) is 0 Å². The van der Waals surface area contributed by atoms with E-state index < -0.39 is 0 Å². The van der Waals surface area contributed by atoms with Gasteiger partial charge >= 0.3 is 0 Å². The number of hydrogen-bond donors (Lipinski definition) is 1. The number of pyridine rings is 1. The van der Waals surface area contributed by atoms with Crippen molar-refractivity contribution in [3.63, 3.8) is 0 Å². The van der Waals surface area contributed by atoms with Crippen LogP contribution in [-0.2, 0) is 0 Å². The van der Waals surface area contributed by atoms with Gasteiger partial charge in [-0.1, -0.05) is 6.42 Å². The standard InChI is InChI=1S/C12H16N2O/c1-8(15)12-11(13-2)7-6-10(14-12)9-4-3-5-9/h6-7,9,13H,3-5H2,1-2H3. The average Bonchev–Trinajstić information content (AvgIpc) is 2.15. The Labute approximate surface area is 89.9 Å². The lowest BCUT2D eigenvalue weighted by Crippen LogP contribution is -2.13. The Kier molecular flexibility index (Phi) is 2.71. The Morgan fingerprint density at radius 1 is 1.47 bits per heavy atom. The molecule has 0 spiro atoms. The van der Waals surface area contributed by atoms with Crippen LogP contribution in [0.4, 0.5) is 5.69 Å². The minimum atomic E-state index is 0.0283. The van der Waals surface area contributed by atoms with Crippen LogP contribution in [0.5, 0.6) is 0 Å². The smallest absolute Gasteiger partial charge is 0.180 e. The second kappa shape index (κ2) is 4.01. The second-order valence-corrected chi connectivity index (χ2v) is 4.07. The molecule has 0 bridgehead atoms. The van der Waals surface area contributed by atoms with Gasteiger partial charge < -0.3 is 5.32 Å². The molecule has 0 atom stereocenters. The number of carbonyl (C=O) groups excluding carboxylic acids is 1. The van der Waals surface area contributed by atoms with Crippen molar-refractivity contribution in [2.75, 3.05) is 12.4 Å². The van der Waals surface area contributed by atoms with E-state index in [1.54, 1.807) is 6.92 Å². The SMILES string of the molecule is CNc1ccc(C2CCC2)nc1C(C)=O. The van der Waals surface area contributed by atoms with Crippen LogP contribution in [0, 0.1) is 0 Å². The van der Waals surface area contributed by atoms with Crippen LogP contribution >= 0.6 is 0 Å². The van der Waals surface area contributed by atoms with Gasteiger partial charge in [-0.2, -0.15) is 0 Å². The van der Waals surface area contributed by atoms with E-state index in [0.29, 0.717) is 11.6 Å². The zero-order valence-electron chi connectivity index (χ0n) is 9.21. The van der Waals surface area contributed by atoms with E-state index in [0.717, 1.165) is 11.4 Å². The summed E-state index contributed by atoms with van der Waals surface area (Å²) < 4.78 is 0. The van der Waals surface area contributed by atoms with Crippen LogP contribution in [0.15, 0.2) is 12.1 Å². The topological polar surface area (TPSA) is 42.0 Å². The lowest BCUT2D eigenvalue weighted by Gasteiger charge is -2.25. The molecule has 1 aliphatic carbocycles. The molecule has 2 rings (SSSR count). The minimum absolute atomic E-state index is 0.0283. The summed E-state index contributed by atoms with van der Waals surface area (Å²) in [5, 5.41) is 3.00.